The van der Waals surface area contributed by atoms with E-state index in [-0.39, 0.29) is 11.1 Å². The number of hydrogen-bond acceptors (Lipinski definition) is 10. The summed E-state index contributed by atoms with van der Waals surface area (Å²) in [4.78, 5) is 70.1. The van der Waals surface area contributed by atoms with Gasteiger partial charge in [0.15, 0.2) is 12.2 Å². The van der Waals surface area contributed by atoms with Gasteiger partial charge in [0.25, 0.3) is 0 Å². The molecule has 0 saturated carbocycles. The van der Waals surface area contributed by atoms with Crippen LogP contribution in [0.4, 0.5) is 0 Å². The monoisotopic (exact) mass is 562 g/mol. The molecule has 40 heavy (non-hydrogen) atoms. The Bertz CT molecular complexity index is 982. The van der Waals surface area contributed by atoms with Gasteiger partial charge in [-0.2, -0.15) is 9.78 Å². The minimum absolute atomic E-state index is 0.255. The highest BCUT2D eigenvalue weighted by molar-refractivity contribution is 5.89. The van der Waals surface area contributed by atoms with Crippen LogP contribution in [0.1, 0.15) is 90.0 Å². The molecule has 0 spiro atoms. The first-order valence-corrected chi connectivity index (χ1v) is 13.0. The van der Waals surface area contributed by atoms with Crippen molar-refractivity contribution in [1.29, 1.82) is 0 Å². The molecular weight excluding hydrogens is 520 g/mol. The lowest BCUT2D eigenvalue weighted by atomic mass is 9.88. The van der Waals surface area contributed by atoms with Gasteiger partial charge in [-0.05, 0) is 93.5 Å². The van der Waals surface area contributed by atoms with Crippen molar-refractivity contribution in [2.45, 2.75) is 104 Å². The zero-order valence-electron chi connectivity index (χ0n) is 25.0. The first kappa shape index (κ1) is 33.3. The van der Waals surface area contributed by atoms with Crippen molar-refractivity contribution in [1.82, 2.24) is 0 Å². The second-order valence-corrected chi connectivity index (χ2v) is 12.3. The Morgan fingerprint density at radius 1 is 0.500 bits per heavy atom. The molecule has 2 atom stereocenters. The largest absolute Gasteiger partial charge is 0.373 e. The summed E-state index contributed by atoms with van der Waals surface area (Å²) >= 11 is 0. The lowest BCUT2D eigenvalue weighted by Crippen LogP contribution is -2.59. The Morgan fingerprint density at radius 3 is 1.07 bits per heavy atom. The third-order valence-corrected chi connectivity index (χ3v) is 5.13. The Morgan fingerprint density at radius 2 is 0.800 bits per heavy atom. The third kappa shape index (κ3) is 11.0. The standard InChI is InChI=1S/C30H42O10/c1-27(2,3)37-39-29(7,8)23(33-35-25(31)21-17-13-11-14-18-21)24(30(9,10)40-38-28(4,5)6)34-36-26(32)22-19-15-12-16-20-22/h11-20,23-24H,1-10H3. The number of rotatable bonds is 13. The Hall–Kier alpha value is -2.86. The maximum Gasteiger partial charge on any atom is 0.373 e. The fraction of sp³-hybridized carbons (Fsp3) is 0.533. The van der Waals surface area contributed by atoms with Crippen molar-refractivity contribution < 1.29 is 48.7 Å². The van der Waals surface area contributed by atoms with Crippen LogP contribution in [-0.4, -0.2) is 46.6 Å². The van der Waals surface area contributed by atoms with Crippen molar-refractivity contribution in [2.24, 2.45) is 0 Å². The minimum atomic E-state index is -1.36. The molecule has 0 aliphatic rings. The van der Waals surface area contributed by atoms with Crippen molar-refractivity contribution in [3.05, 3.63) is 71.8 Å². The van der Waals surface area contributed by atoms with E-state index in [1.54, 1.807) is 130 Å². The molecule has 222 valence electrons. The first-order valence-electron chi connectivity index (χ1n) is 13.0. The van der Waals surface area contributed by atoms with Crippen molar-refractivity contribution in [3.8, 4) is 0 Å². The van der Waals surface area contributed by atoms with Crippen LogP contribution in [-0.2, 0) is 39.1 Å². The summed E-state index contributed by atoms with van der Waals surface area (Å²) in [5.74, 6) is -1.52. The molecule has 0 radical (unpaired) electrons. The van der Waals surface area contributed by atoms with Crippen LogP contribution in [0.3, 0.4) is 0 Å². The number of benzene rings is 2. The van der Waals surface area contributed by atoms with Gasteiger partial charge in [-0.15, -0.1) is 0 Å². The topological polar surface area (TPSA) is 108 Å². The lowest BCUT2D eigenvalue weighted by Gasteiger charge is -2.42. The van der Waals surface area contributed by atoms with E-state index in [0.29, 0.717) is 0 Å². The van der Waals surface area contributed by atoms with Crippen LogP contribution in [0.5, 0.6) is 0 Å². The highest BCUT2D eigenvalue weighted by Gasteiger charge is 2.52. The number of hydrogen-bond donors (Lipinski definition) is 0. The van der Waals surface area contributed by atoms with Crippen LogP contribution >= 0.6 is 0 Å². The van der Waals surface area contributed by atoms with E-state index in [1.165, 1.54) is 0 Å². The quantitative estimate of drug-likeness (QED) is 0.202. The summed E-state index contributed by atoms with van der Waals surface area (Å²) in [6, 6.07) is 16.6. The predicted octanol–water partition coefficient (Wildman–Crippen LogP) is 6.35. The van der Waals surface area contributed by atoms with Crippen LogP contribution in [0.25, 0.3) is 0 Å². The fourth-order valence-electron chi connectivity index (χ4n) is 3.06. The third-order valence-electron chi connectivity index (χ3n) is 5.13. The second-order valence-electron chi connectivity index (χ2n) is 12.3. The zero-order chi connectivity index (χ0) is 30.2. The van der Waals surface area contributed by atoms with Gasteiger partial charge in [-0.1, -0.05) is 36.4 Å². The summed E-state index contributed by atoms with van der Waals surface area (Å²) in [6.45, 7) is 17.3. The molecule has 2 aromatic carbocycles. The smallest absolute Gasteiger partial charge is 0.292 e. The summed E-state index contributed by atoms with van der Waals surface area (Å²) < 4.78 is 0. The van der Waals surface area contributed by atoms with E-state index < -0.39 is 46.6 Å². The molecule has 2 unspecified atom stereocenters. The molecule has 0 aliphatic carbocycles. The molecule has 0 amide bonds. The molecule has 0 N–H and O–H groups in total. The van der Waals surface area contributed by atoms with Crippen LogP contribution < -0.4 is 0 Å². The SMILES string of the molecule is CC(C)(C)OOC(C)(C)C(OOC(=O)c1ccccc1)C(OOC(=O)c1ccccc1)C(C)(C)OOC(C)(C)C. The van der Waals surface area contributed by atoms with Gasteiger partial charge in [-0.3, -0.25) is 9.78 Å². The number of carbonyl (C=O) groups is 2. The lowest BCUT2D eigenvalue weighted by molar-refractivity contribution is -0.476. The Labute approximate surface area is 236 Å². The van der Waals surface area contributed by atoms with E-state index in [9.17, 15) is 9.59 Å². The zero-order valence-corrected chi connectivity index (χ0v) is 25.0. The van der Waals surface area contributed by atoms with Gasteiger partial charge < -0.3 is 0 Å². The highest BCUT2D eigenvalue weighted by atomic mass is 17.3. The van der Waals surface area contributed by atoms with Crippen LogP contribution in [0.2, 0.25) is 0 Å². The molecule has 0 saturated heterocycles. The van der Waals surface area contributed by atoms with Crippen molar-refractivity contribution in [3.63, 3.8) is 0 Å². The average molecular weight is 563 g/mol. The van der Waals surface area contributed by atoms with Crippen molar-refractivity contribution in [2.75, 3.05) is 0 Å². The minimum Gasteiger partial charge on any atom is -0.292 e. The molecule has 0 heterocycles. The summed E-state index contributed by atoms with van der Waals surface area (Å²) in [6.07, 6.45) is -2.57. The van der Waals surface area contributed by atoms with Gasteiger partial charge >= 0.3 is 11.9 Å². The summed E-state index contributed by atoms with van der Waals surface area (Å²) in [7, 11) is 0. The predicted molar refractivity (Wildman–Crippen MR) is 145 cm³/mol. The first-order chi connectivity index (χ1) is 18.4. The van der Waals surface area contributed by atoms with Crippen molar-refractivity contribution >= 4 is 11.9 Å². The fourth-order valence-corrected chi connectivity index (χ4v) is 3.06. The molecular formula is C30H42O10. The van der Waals surface area contributed by atoms with E-state index in [2.05, 4.69) is 0 Å². The molecule has 0 aromatic heterocycles. The van der Waals surface area contributed by atoms with E-state index >= 15 is 0 Å². The Balaban J connectivity index is 2.44. The van der Waals surface area contributed by atoms with E-state index in [4.69, 9.17) is 39.1 Å². The number of carbonyl (C=O) groups excluding carboxylic acids is 2. The maximum atomic E-state index is 12.8. The van der Waals surface area contributed by atoms with Gasteiger partial charge in [0, 0.05) is 0 Å². The van der Waals surface area contributed by atoms with Gasteiger partial charge in [0.05, 0.1) is 22.3 Å². The maximum absolute atomic E-state index is 12.8. The summed E-state index contributed by atoms with van der Waals surface area (Å²) in [5, 5.41) is 0. The molecule has 10 heteroatoms. The van der Waals surface area contributed by atoms with Gasteiger partial charge in [0.1, 0.15) is 11.2 Å². The van der Waals surface area contributed by atoms with E-state index in [1.807, 2.05) is 0 Å². The van der Waals surface area contributed by atoms with Crippen LogP contribution in [0.15, 0.2) is 60.7 Å². The van der Waals surface area contributed by atoms with Gasteiger partial charge in [0.2, 0.25) is 0 Å². The average Bonchev–Trinajstić information content (AvgIpc) is 2.88. The molecule has 0 fully saturated rings. The normalized spacial score (nSPS) is 14.3. The molecule has 2 rings (SSSR count). The summed E-state index contributed by atoms with van der Waals surface area (Å²) in [5.41, 5.74) is -3.61. The molecule has 2 aromatic rings. The molecule has 10 nitrogen and oxygen atoms in total. The Kier molecular flexibility index (Phi) is 11.4. The van der Waals surface area contributed by atoms with E-state index in [0.717, 1.165) is 0 Å². The second kappa shape index (κ2) is 13.7. The highest BCUT2D eigenvalue weighted by Crippen LogP contribution is 2.34. The van der Waals surface area contributed by atoms with Gasteiger partial charge in [-0.25, -0.2) is 29.1 Å². The van der Waals surface area contributed by atoms with Crippen LogP contribution in [0, 0.1) is 0 Å². The molecule has 0 bridgehead atoms. The molecule has 0 aliphatic heterocycles.